The molecule has 1 aromatic carbocycles. The van der Waals surface area contributed by atoms with Gasteiger partial charge in [0.05, 0.1) is 0 Å². The molecule has 2 unspecified atom stereocenters. The maximum Gasteiger partial charge on any atom is 0.0164 e. The van der Waals surface area contributed by atoms with Crippen molar-refractivity contribution >= 4 is 0 Å². The lowest BCUT2D eigenvalue weighted by Gasteiger charge is -2.20. The maximum atomic E-state index is 3.60. The van der Waals surface area contributed by atoms with Crippen LogP contribution in [0, 0.1) is 0 Å². The van der Waals surface area contributed by atoms with E-state index >= 15 is 0 Å². The van der Waals surface area contributed by atoms with Gasteiger partial charge in [-0.1, -0.05) is 44.2 Å². The molecule has 0 spiro atoms. The summed E-state index contributed by atoms with van der Waals surface area (Å²) in [5.41, 5.74) is 1.44. The van der Waals surface area contributed by atoms with E-state index in [2.05, 4.69) is 61.7 Å². The van der Waals surface area contributed by atoms with Gasteiger partial charge in [-0.25, -0.2) is 0 Å². The molecule has 0 amide bonds. The van der Waals surface area contributed by atoms with Crippen molar-refractivity contribution in [2.24, 2.45) is 0 Å². The smallest absolute Gasteiger partial charge is 0.0164 e. The van der Waals surface area contributed by atoms with E-state index in [1.165, 1.54) is 12.0 Å². The zero-order valence-corrected chi connectivity index (χ0v) is 11.4. The Kier molecular flexibility index (Phi) is 6.90. The van der Waals surface area contributed by atoms with Crippen LogP contribution in [0.5, 0.6) is 0 Å². The second kappa shape index (κ2) is 8.26. The summed E-state index contributed by atoms with van der Waals surface area (Å²) < 4.78 is 0. The number of hydrogen-bond acceptors (Lipinski definition) is 2. The molecule has 0 aliphatic carbocycles. The van der Waals surface area contributed by atoms with Gasteiger partial charge in [-0.05, 0) is 31.4 Å². The van der Waals surface area contributed by atoms with E-state index in [9.17, 15) is 0 Å². The summed E-state index contributed by atoms with van der Waals surface area (Å²) in [7, 11) is 0. The van der Waals surface area contributed by atoms with Gasteiger partial charge >= 0.3 is 0 Å². The highest BCUT2D eigenvalue weighted by Crippen LogP contribution is 2.17. The standard InChI is InChI=1S/C15H26N2/c1-4-14(15-9-7-6-8-10-15)12-17-13(3)11-16-5-2/h6-10,13-14,16-17H,4-5,11-12H2,1-3H3. The first-order valence-electron chi connectivity index (χ1n) is 6.77. The van der Waals surface area contributed by atoms with Gasteiger partial charge in [0.25, 0.3) is 0 Å². The van der Waals surface area contributed by atoms with E-state index in [-0.39, 0.29) is 0 Å². The van der Waals surface area contributed by atoms with Crippen molar-refractivity contribution in [1.82, 2.24) is 10.6 Å². The number of likely N-dealkylation sites (N-methyl/N-ethyl adjacent to an activating group) is 1. The zero-order valence-electron chi connectivity index (χ0n) is 11.4. The molecule has 0 saturated heterocycles. The Labute approximate surface area is 106 Å². The average Bonchev–Trinajstić information content (AvgIpc) is 2.38. The van der Waals surface area contributed by atoms with Crippen molar-refractivity contribution in [1.29, 1.82) is 0 Å². The Morgan fingerprint density at radius 1 is 1.06 bits per heavy atom. The monoisotopic (exact) mass is 234 g/mol. The highest BCUT2D eigenvalue weighted by molar-refractivity contribution is 5.19. The molecule has 0 saturated carbocycles. The quantitative estimate of drug-likeness (QED) is 0.723. The van der Waals surface area contributed by atoms with E-state index in [0.29, 0.717) is 12.0 Å². The van der Waals surface area contributed by atoms with Gasteiger partial charge < -0.3 is 10.6 Å². The molecule has 0 bridgehead atoms. The van der Waals surface area contributed by atoms with Crippen LogP contribution in [0.3, 0.4) is 0 Å². The molecule has 0 aliphatic rings. The lowest BCUT2D eigenvalue weighted by Crippen LogP contribution is -2.38. The SMILES string of the molecule is CCNCC(C)NCC(CC)c1ccccc1. The molecular formula is C15H26N2. The van der Waals surface area contributed by atoms with Crippen LogP contribution in [0.15, 0.2) is 30.3 Å². The van der Waals surface area contributed by atoms with Gasteiger partial charge in [0, 0.05) is 19.1 Å². The van der Waals surface area contributed by atoms with Crippen molar-refractivity contribution in [3.63, 3.8) is 0 Å². The van der Waals surface area contributed by atoms with Crippen LogP contribution < -0.4 is 10.6 Å². The fraction of sp³-hybridized carbons (Fsp3) is 0.600. The van der Waals surface area contributed by atoms with Crippen molar-refractivity contribution in [2.45, 2.75) is 39.2 Å². The van der Waals surface area contributed by atoms with E-state index in [4.69, 9.17) is 0 Å². The van der Waals surface area contributed by atoms with Crippen LogP contribution in [0.2, 0.25) is 0 Å². The highest BCUT2D eigenvalue weighted by atomic mass is 15.0. The van der Waals surface area contributed by atoms with E-state index in [1.807, 2.05) is 0 Å². The van der Waals surface area contributed by atoms with Crippen molar-refractivity contribution in [2.75, 3.05) is 19.6 Å². The lowest BCUT2D eigenvalue weighted by molar-refractivity contribution is 0.475. The largest absolute Gasteiger partial charge is 0.315 e. The fourth-order valence-electron chi connectivity index (χ4n) is 2.00. The normalized spacial score (nSPS) is 14.5. The third-order valence-electron chi connectivity index (χ3n) is 3.18. The minimum atomic E-state index is 0.535. The average molecular weight is 234 g/mol. The first kappa shape index (κ1) is 14.2. The third-order valence-corrected chi connectivity index (χ3v) is 3.18. The number of rotatable bonds is 8. The first-order valence-corrected chi connectivity index (χ1v) is 6.77. The molecule has 0 heterocycles. The van der Waals surface area contributed by atoms with Gasteiger partial charge in [0.1, 0.15) is 0 Å². The summed E-state index contributed by atoms with van der Waals surface area (Å²) in [6.07, 6.45) is 1.19. The van der Waals surface area contributed by atoms with Crippen molar-refractivity contribution in [3.8, 4) is 0 Å². The van der Waals surface area contributed by atoms with Crippen molar-refractivity contribution in [3.05, 3.63) is 35.9 Å². The molecular weight excluding hydrogens is 208 g/mol. The molecule has 2 heteroatoms. The molecule has 2 atom stereocenters. The minimum Gasteiger partial charge on any atom is -0.315 e. The van der Waals surface area contributed by atoms with Crippen LogP contribution in [-0.4, -0.2) is 25.7 Å². The van der Waals surface area contributed by atoms with Crippen LogP contribution in [0.25, 0.3) is 0 Å². The number of benzene rings is 1. The molecule has 0 aromatic heterocycles. The van der Waals surface area contributed by atoms with E-state index in [1.54, 1.807) is 0 Å². The fourth-order valence-corrected chi connectivity index (χ4v) is 2.00. The molecule has 17 heavy (non-hydrogen) atoms. The highest BCUT2D eigenvalue weighted by Gasteiger charge is 2.09. The van der Waals surface area contributed by atoms with Crippen LogP contribution in [-0.2, 0) is 0 Å². The molecule has 2 N–H and O–H groups in total. The molecule has 0 aliphatic heterocycles. The second-order valence-electron chi connectivity index (χ2n) is 4.63. The molecule has 1 rings (SSSR count). The van der Waals surface area contributed by atoms with Crippen LogP contribution in [0.4, 0.5) is 0 Å². The van der Waals surface area contributed by atoms with Crippen LogP contribution >= 0.6 is 0 Å². The van der Waals surface area contributed by atoms with Gasteiger partial charge in [-0.15, -0.1) is 0 Å². The summed E-state index contributed by atoms with van der Waals surface area (Å²) in [6, 6.07) is 11.3. The topological polar surface area (TPSA) is 24.1 Å². The Bertz CT molecular complexity index is 284. The van der Waals surface area contributed by atoms with E-state index in [0.717, 1.165) is 19.6 Å². The molecule has 1 aromatic rings. The van der Waals surface area contributed by atoms with Crippen molar-refractivity contribution < 1.29 is 0 Å². The van der Waals surface area contributed by atoms with Gasteiger partial charge in [-0.3, -0.25) is 0 Å². The number of hydrogen-bond donors (Lipinski definition) is 2. The summed E-state index contributed by atoms with van der Waals surface area (Å²) in [5, 5.41) is 6.97. The summed E-state index contributed by atoms with van der Waals surface area (Å²) in [4.78, 5) is 0. The van der Waals surface area contributed by atoms with Gasteiger partial charge in [0.15, 0.2) is 0 Å². The Morgan fingerprint density at radius 2 is 1.76 bits per heavy atom. The maximum absolute atomic E-state index is 3.60. The summed E-state index contributed by atoms with van der Waals surface area (Å²) >= 11 is 0. The molecule has 96 valence electrons. The summed E-state index contributed by atoms with van der Waals surface area (Å²) in [5.74, 6) is 0.625. The Hall–Kier alpha value is -0.860. The third kappa shape index (κ3) is 5.33. The minimum absolute atomic E-state index is 0.535. The van der Waals surface area contributed by atoms with E-state index < -0.39 is 0 Å². The van der Waals surface area contributed by atoms with Gasteiger partial charge in [-0.2, -0.15) is 0 Å². The Morgan fingerprint density at radius 3 is 2.35 bits per heavy atom. The predicted octanol–water partition coefficient (Wildman–Crippen LogP) is 2.77. The zero-order chi connectivity index (χ0) is 12.5. The lowest BCUT2D eigenvalue weighted by atomic mass is 9.96. The molecule has 0 radical (unpaired) electrons. The molecule has 0 fully saturated rings. The molecule has 2 nitrogen and oxygen atoms in total. The number of nitrogens with one attached hydrogen (secondary N) is 2. The van der Waals surface area contributed by atoms with Crippen LogP contribution in [0.1, 0.15) is 38.7 Å². The Balaban J connectivity index is 2.38. The first-order chi connectivity index (χ1) is 8.27. The van der Waals surface area contributed by atoms with Gasteiger partial charge in [0.2, 0.25) is 0 Å². The predicted molar refractivity (Wildman–Crippen MR) is 75.5 cm³/mol. The second-order valence-corrected chi connectivity index (χ2v) is 4.63. The summed E-state index contributed by atoms with van der Waals surface area (Å²) in [6.45, 7) is 9.79.